The van der Waals surface area contributed by atoms with Crippen LogP contribution in [-0.4, -0.2) is 10.3 Å². The van der Waals surface area contributed by atoms with Gasteiger partial charge in [0.2, 0.25) is 0 Å². The predicted molar refractivity (Wildman–Crippen MR) is 185 cm³/mol. The number of rotatable bonds is 5. The van der Waals surface area contributed by atoms with Crippen LogP contribution in [0.5, 0.6) is 0 Å². The molecule has 0 unspecified atom stereocenters. The van der Waals surface area contributed by atoms with Gasteiger partial charge in [-0.1, -0.05) is 133 Å². The summed E-state index contributed by atoms with van der Waals surface area (Å²) in [6, 6.07) is 54.6. The highest BCUT2D eigenvalue weighted by Gasteiger charge is 2.27. The molecule has 0 radical (unpaired) electrons. The highest BCUT2D eigenvalue weighted by atomic mass is 15.0. The lowest BCUT2D eigenvalue weighted by molar-refractivity contribution is 1.10. The van der Waals surface area contributed by atoms with Crippen molar-refractivity contribution < 1.29 is 0 Å². The first-order valence-corrected chi connectivity index (χ1v) is 14.9. The van der Waals surface area contributed by atoms with Gasteiger partial charge in [-0.3, -0.25) is 5.41 Å². The van der Waals surface area contributed by atoms with E-state index in [1.54, 1.807) is 0 Å². The third-order valence-electron chi connectivity index (χ3n) is 8.41. The Bertz CT molecular complexity index is 2250. The predicted octanol–water partition coefficient (Wildman–Crippen LogP) is 9.82. The fourth-order valence-electron chi connectivity index (χ4n) is 6.37. The van der Waals surface area contributed by atoms with Crippen LogP contribution in [0.4, 0.5) is 0 Å². The van der Waals surface area contributed by atoms with Crippen LogP contribution in [0.3, 0.4) is 0 Å². The van der Waals surface area contributed by atoms with Crippen LogP contribution in [0.25, 0.3) is 50.4 Å². The molecule has 0 fully saturated rings. The van der Waals surface area contributed by atoms with E-state index in [1.165, 1.54) is 0 Å². The molecule has 2 heterocycles. The number of aromatic nitrogens is 1. The van der Waals surface area contributed by atoms with E-state index >= 15 is 0 Å². The molecule has 1 aliphatic heterocycles. The summed E-state index contributed by atoms with van der Waals surface area (Å²) >= 11 is 0. The second-order valence-electron chi connectivity index (χ2n) is 11.0. The van der Waals surface area contributed by atoms with Crippen molar-refractivity contribution in [3.63, 3.8) is 0 Å². The first kappa shape index (κ1) is 25.8. The van der Waals surface area contributed by atoms with Gasteiger partial charge in [0.15, 0.2) is 0 Å². The average molecular weight is 564 g/mol. The molecule has 0 spiro atoms. The molecule has 1 aromatic heterocycles. The maximum atomic E-state index is 10.1. The third kappa shape index (κ3) is 4.34. The van der Waals surface area contributed by atoms with Crippen LogP contribution in [0.2, 0.25) is 0 Å². The minimum absolute atomic E-state index is 0.452. The van der Waals surface area contributed by atoms with Crippen LogP contribution in [0.15, 0.2) is 158 Å². The lowest BCUT2D eigenvalue weighted by Gasteiger charge is -2.27. The average Bonchev–Trinajstić information content (AvgIpc) is 3.49. The second-order valence-corrected chi connectivity index (χ2v) is 11.0. The molecule has 6 aromatic carbocycles. The van der Waals surface area contributed by atoms with Crippen molar-refractivity contribution in [3.05, 3.63) is 186 Å². The Morgan fingerprint density at radius 2 is 1.25 bits per heavy atom. The fourth-order valence-corrected chi connectivity index (χ4v) is 6.37. The van der Waals surface area contributed by atoms with Crippen molar-refractivity contribution in [2.75, 3.05) is 0 Å². The number of fused-ring (bicyclic) bond motifs is 3. The van der Waals surface area contributed by atoms with Crippen molar-refractivity contribution in [2.24, 2.45) is 0 Å². The molecule has 44 heavy (non-hydrogen) atoms. The monoisotopic (exact) mass is 563 g/mol. The number of nitrogens with zero attached hydrogens (tertiary/aromatic N) is 1. The Labute approximate surface area is 256 Å². The summed E-state index contributed by atoms with van der Waals surface area (Å²) in [6.45, 7) is 0. The molecular weight excluding hydrogens is 534 g/mol. The van der Waals surface area contributed by atoms with Gasteiger partial charge in [-0.05, 0) is 57.8 Å². The van der Waals surface area contributed by atoms with Crippen LogP contribution < -0.4 is 5.32 Å². The van der Waals surface area contributed by atoms with E-state index in [-0.39, 0.29) is 0 Å². The molecule has 0 atom stereocenters. The first-order chi connectivity index (χ1) is 21.8. The summed E-state index contributed by atoms with van der Waals surface area (Å²) in [5.41, 5.74) is 10.5. The van der Waals surface area contributed by atoms with Crippen molar-refractivity contribution in [1.29, 1.82) is 5.41 Å². The molecule has 2 N–H and O–H groups in total. The van der Waals surface area contributed by atoms with Gasteiger partial charge >= 0.3 is 0 Å². The molecule has 208 valence electrons. The largest absolute Gasteiger partial charge is 0.354 e. The van der Waals surface area contributed by atoms with Crippen molar-refractivity contribution in [3.8, 4) is 5.69 Å². The fraction of sp³-hybridized carbons (Fsp3) is 0. The lowest BCUT2D eigenvalue weighted by Crippen LogP contribution is -2.21. The van der Waals surface area contributed by atoms with Crippen molar-refractivity contribution in [1.82, 2.24) is 9.88 Å². The minimum atomic E-state index is 0.452. The smallest absolute Gasteiger partial charge is 0.0880 e. The van der Waals surface area contributed by atoms with Crippen molar-refractivity contribution >= 4 is 50.4 Å². The van der Waals surface area contributed by atoms with E-state index in [9.17, 15) is 5.41 Å². The molecule has 0 amide bonds. The Morgan fingerprint density at radius 1 is 0.591 bits per heavy atom. The summed E-state index contributed by atoms with van der Waals surface area (Å²) in [6.07, 6.45) is 2.21. The van der Waals surface area contributed by atoms with Crippen LogP contribution >= 0.6 is 0 Å². The SMILES string of the molecule is N=C(/C(=C1\NC(c2ccccc2)=Cc2ccccc21)c1cccc2ccccc12)c1cc2ccccc2n1-c1ccccc1. The zero-order valence-electron chi connectivity index (χ0n) is 24.0. The normalized spacial score (nSPS) is 13.7. The summed E-state index contributed by atoms with van der Waals surface area (Å²) in [5.74, 6) is 0. The van der Waals surface area contributed by atoms with E-state index in [4.69, 9.17) is 0 Å². The number of hydrogen-bond acceptors (Lipinski definition) is 2. The first-order valence-electron chi connectivity index (χ1n) is 14.9. The zero-order chi connectivity index (χ0) is 29.5. The van der Waals surface area contributed by atoms with E-state index in [0.717, 1.165) is 72.3 Å². The zero-order valence-corrected chi connectivity index (χ0v) is 24.0. The molecule has 3 nitrogen and oxygen atoms in total. The summed E-state index contributed by atoms with van der Waals surface area (Å²) in [4.78, 5) is 0. The van der Waals surface area contributed by atoms with Gasteiger partial charge < -0.3 is 9.88 Å². The van der Waals surface area contributed by atoms with Crippen molar-refractivity contribution in [2.45, 2.75) is 0 Å². The van der Waals surface area contributed by atoms with Gasteiger partial charge in [0.1, 0.15) is 0 Å². The number of hydrogen-bond donors (Lipinski definition) is 2. The van der Waals surface area contributed by atoms with Gasteiger partial charge in [-0.15, -0.1) is 0 Å². The van der Waals surface area contributed by atoms with E-state index < -0.39 is 0 Å². The second kappa shape index (κ2) is 10.7. The molecule has 7 aromatic rings. The number of allylic oxidation sites excluding steroid dienone is 1. The van der Waals surface area contributed by atoms with Crippen LogP contribution in [0.1, 0.15) is 27.9 Å². The minimum Gasteiger partial charge on any atom is -0.354 e. The molecular formula is C41H29N3. The molecule has 0 bridgehead atoms. The highest BCUT2D eigenvalue weighted by Crippen LogP contribution is 2.39. The lowest BCUT2D eigenvalue weighted by atomic mass is 9.87. The quantitative estimate of drug-likeness (QED) is 0.201. The maximum Gasteiger partial charge on any atom is 0.0880 e. The molecule has 0 saturated heterocycles. The van der Waals surface area contributed by atoms with Gasteiger partial charge in [0.05, 0.1) is 22.6 Å². The molecule has 8 rings (SSSR count). The molecule has 3 heteroatoms. The molecule has 0 saturated carbocycles. The molecule has 1 aliphatic rings. The van der Waals surface area contributed by atoms with Gasteiger partial charge in [0.25, 0.3) is 0 Å². The summed E-state index contributed by atoms with van der Waals surface area (Å²) < 4.78 is 2.21. The van der Waals surface area contributed by atoms with Gasteiger partial charge in [-0.25, -0.2) is 0 Å². The summed E-state index contributed by atoms with van der Waals surface area (Å²) in [5, 5.41) is 17.3. The maximum absolute atomic E-state index is 10.1. The Morgan fingerprint density at radius 3 is 2.09 bits per heavy atom. The van der Waals surface area contributed by atoms with E-state index in [2.05, 4.69) is 162 Å². The Balaban J connectivity index is 1.46. The van der Waals surface area contributed by atoms with Gasteiger partial charge in [0, 0.05) is 27.9 Å². The standard InChI is InChI=1S/C41H29N3/c42-40(38-27-31-18-9-12-25-37(31)44(38)32-20-5-2-6-21-32)39(35-24-13-19-28-14-7-10-22-33(28)35)41-34-23-11-8-17-30(34)26-36(43-41)29-15-3-1-4-16-29/h1-27,42-43H/b41-39-,42-40?. The van der Waals surface area contributed by atoms with E-state index in [1.807, 2.05) is 12.1 Å². The Kier molecular flexibility index (Phi) is 6.28. The Hall–Kier alpha value is -5.93. The van der Waals surface area contributed by atoms with Crippen LogP contribution in [-0.2, 0) is 0 Å². The van der Waals surface area contributed by atoms with Crippen LogP contribution in [0, 0.1) is 5.41 Å². The number of benzene rings is 6. The highest BCUT2D eigenvalue weighted by molar-refractivity contribution is 6.38. The van der Waals surface area contributed by atoms with E-state index in [0.29, 0.717) is 5.71 Å². The topological polar surface area (TPSA) is 40.8 Å². The summed E-state index contributed by atoms with van der Waals surface area (Å²) in [7, 11) is 0. The molecule has 0 aliphatic carbocycles. The third-order valence-corrected chi connectivity index (χ3v) is 8.41. The number of nitrogens with one attached hydrogen (secondary N) is 2. The number of para-hydroxylation sites is 2. The van der Waals surface area contributed by atoms with Gasteiger partial charge in [-0.2, -0.15) is 0 Å².